The molecule has 0 spiro atoms. The molecule has 1 amide bonds. The van der Waals surface area contributed by atoms with Gasteiger partial charge in [0.15, 0.2) is 12.4 Å². The zero-order valence-electron chi connectivity index (χ0n) is 16.1. The van der Waals surface area contributed by atoms with E-state index in [0.29, 0.717) is 36.9 Å². The Morgan fingerprint density at radius 2 is 1.69 bits per heavy atom. The fraction of sp³-hybridized carbons (Fsp3) is 0.0435. The summed E-state index contributed by atoms with van der Waals surface area (Å²) in [5, 5.41) is 4.21. The first-order valence-electron chi connectivity index (χ1n) is 9.22. The topological polar surface area (TPSA) is 68.5 Å². The zero-order chi connectivity index (χ0) is 22.8. The van der Waals surface area contributed by atoms with E-state index in [1.807, 2.05) is 0 Å². The highest BCUT2D eigenvalue weighted by Crippen LogP contribution is 2.35. The molecule has 0 radical (unpaired) electrons. The molecule has 4 rings (SSSR count). The van der Waals surface area contributed by atoms with Gasteiger partial charge in [-0.2, -0.15) is 0 Å². The van der Waals surface area contributed by atoms with Gasteiger partial charge in [0.1, 0.15) is 5.58 Å². The van der Waals surface area contributed by atoms with Crippen molar-refractivity contribution in [1.82, 2.24) is 0 Å². The fourth-order valence-corrected chi connectivity index (χ4v) is 3.70. The standard InChI is InChI=1S/C23H13Cl4NO4/c24-12-5-8-19-15(9-12)21(30)23(22(32-19)14-3-1-2-4-16(14)25)31-11-20(29)28-13-6-7-17(26)18(27)10-13/h1-10H,11H2,(H,28,29). The van der Waals surface area contributed by atoms with Crippen molar-refractivity contribution in [2.45, 2.75) is 0 Å². The third kappa shape index (κ3) is 4.71. The summed E-state index contributed by atoms with van der Waals surface area (Å²) in [7, 11) is 0. The minimum Gasteiger partial charge on any atom is -0.476 e. The van der Waals surface area contributed by atoms with Gasteiger partial charge in [-0.25, -0.2) is 0 Å². The number of benzene rings is 3. The molecule has 32 heavy (non-hydrogen) atoms. The third-order valence-electron chi connectivity index (χ3n) is 4.48. The first-order valence-corrected chi connectivity index (χ1v) is 10.7. The van der Waals surface area contributed by atoms with Crippen LogP contribution in [0.3, 0.4) is 0 Å². The summed E-state index contributed by atoms with van der Waals surface area (Å²) in [4.78, 5) is 25.6. The Bertz CT molecular complexity index is 1400. The van der Waals surface area contributed by atoms with E-state index in [0.717, 1.165) is 0 Å². The highest BCUT2D eigenvalue weighted by molar-refractivity contribution is 6.42. The van der Waals surface area contributed by atoms with Crippen molar-refractivity contribution in [1.29, 1.82) is 0 Å². The lowest BCUT2D eigenvalue weighted by molar-refractivity contribution is -0.118. The second kappa shape index (κ2) is 9.43. The number of hydrogen-bond donors (Lipinski definition) is 1. The minimum atomic E-state index is -0.515. The van der Waals surface area contributed by atoms with Crippen LogP contribution in [0.2, 0.25) is 20.1 Å². The van der Waals surface area contributed by atoms with Crippen LogP contribution in [0.5, 0.6) is 5.75 Å². The molecule has 3 aromatic carbocycles. The summed E-state index contributed by atoms with van der Waals surface area (Å²) in [6.07, 6.45) is 0. The Balaban J connectivity index is 1.70. The third-order valence-corrected chi connectivity index (χ3v) is 5.78. The van der Waals surface area contributed by atoms with Crippen LogP contribution < -0.4 is 15.5 Å². The number of nitrogens with one attached hydrogen (secondary N) is 1. The number of fused-ring (bicyclic) bond motifs is 1. The molecule has 0 unspecified atom stereocenters. The summed E-state index contributed by atoms with van der Waals surface area (Å²) in [6, 6.07) is 16.1. The molecule has 1 N–H and O–H groups in total. The molecule has 0 aliphatic rings. The van der Waals surface area contributed by atoms with Gasteiger partial charge < -0.3 is 14.5 Å². The fourth-order valence-electron chi connectivity index (χ4n) is 3.01. The zero-order valence-corrected chi connectivity index (χ0v) is 19.1. The normalized spacial score (nSPS) is 10.9. The van der Waals surface area contributed by atoms with Crippen LogP contribution in [-0.2, 0) is 4.79 Å². The van der Waals surface area contributed by atoms with Gasteiger partial charge in [0.2, 0.25) is 11.2 Å². The first-order chi connectivity index (χ1) is 15.3. The number of anilines is 1. The van der Waals surface area contributed by atoms with E-state index in [1.54, 1.807) is 48.5 Å². The van der Waals surface area contributed by atoms with Crippen LogP contribution in [-0.4, -0.2) is 12.5 Å². The number of carbonyl (C=O) groups excluding carboxylic acids is 1. The number of halogens is 4. The number of rotatable bonds is 5. The van der Waals surface area contributed by atoms with Crippen molar-refractivity contribution >= 4 is 69.0 Å². The van der Waals surface area contributed by atoms with Gasteiger partial charge in [-0.05, 0) is 48.5 Å². The molecule has 0 saturated heterocycles. The maximum Gasteiger partial charge on any atom is 0.262 e. The summed E-state index contributed by atoms with van der Waals surface area (Å²) in [5.74, 6) is -0.561. The van der Waals surface area contributed by atoms with Crippen molar-refractivity contribution in [3.8, 4) is 17.1 Å². The lowest BCUT2D eigenvalue weighted by Gasteiger charge is -2.13. The highest BCUT2D eigenvalue weighted by atomic mass is 35.5. The summed E-state index contributed by atoms with van der Waals surface area (Å²) < 4.78 is 11.6. The number of carbonyl (C=O) groups is 1. The van der Waals surface area contributed by atoms with Crippen LogP contribution in [0.25, 0.3) is 22.3 Å². The number of amides is 1. The number of hydrogen-bond acceptors (Lipinski definition) is 4. The van der Waals surface area contributed by atoms with Crippen LogP contribution in [0, 0.1) is 0 Å². The van der Waals surface area contributed by atoms with E-state index in [2.05, 4.69) is 5.32 Å². The Morgan fingerprint density at radius 3 is 2.44 bits per heavy atom. The maximum atomic E-state index is 13.2. The molecule has 0 atom stereocenters. The summed E-state index contributed by atoms with van der Waals surface area (Å²) >= 11 is 24.2. The molecule has 0 fully saturated rings. The van der Waals surface area contributed by atoms with E-state index in [9.17, 15) is 9.59 Å². The second-order valence-corrected chi connectivity index (χ2v) is 8.33. The van der Waals surface area contributed by atoms with Crippen molar-refractivity contribution in [3.05, 3.63) is 91.0 Å². The lowest BCUT2D eigenvalue weighted by atomic mass is 10.1. The quantitative estimate of drug-likeness (QED) is 0.312. The number of ether oxygens (including phenoxy) is 1. The molecule has 1 heterocycles. The van der Waals surface area contributed by atoms with E-state index >= 15 is 0 Å². The predicted molar refractivity (Wildman–Crippen MR) is 129 cm³/mol. The monoisotopic (exact) mass is 507 g/mol. The van der Waals surface area contributed by atoms with Gasteiger partial charge in [0.05, 0.1) is 20.5 Å². The maximum absolute atomic E-state index is 13.2. The van der Waals surface area contributed by atoms with Gasteiger partial charge >= 0.3 is 0 Å². The molecule has 9 heteroatoms. The van der Waals surface area contributed by atoms with E-state index in [-0.39, 0.29) is 16.9 Å². The molecule has 0 bridgehead atoms. The van der Waals surface area contributed by atoms with Gasteiger partial charge in [-0.3, -0.25) is 9.59 Å². The average Bonchev–Trinajstić information content (AvgIpc) is 2.76. The average molecular weight is 509 g/mol. The minimum absolute atomic E-state index is 0.109. The molecule has 0 aliphatic carbocycles. The van der Waals surface area contributed by atoms with Crippen molar-refractivity contribution in [2.24, 2.45) is 0 Å². The Kier molecular flexibility index (Phi) is 6.63. The van der Waals surface area contributed by atoms with Crippen LogP contribution >= 0.6 is 46.4 Å². The van der Waals surface area contributed by atoms with Gasteiger partial charge in [0.25, 0.3) is 5.91 Å². The van der Waals surface area contributed by atoms with Gasteiger partial charge in [0, 0.05) is 16.3 Å². The van der Waals surface area contributed by atoms with Gasteiger partial charge in [-0.1, -0.05) is 58.5 Å². The highest BCUT2D eigenvalue weighted by Gasteiger charge is 2.21. The first kappa shape index (κ1) is 22.5. The lowest BCUT2D eigenvalue weighted by Crippen LogP contribution is -2.22. The van der Waals surface area contributed by atoms with Crippen LogP contribution in [0.15, 0.2) is 69.9 Å². The summed E-state index contributed by atoms with van der Waals surface area (Å²) in [6.45, 7) is -0.464. The largest absolute Gasteiger partial charge is 0.476 e. The van der Waals surface area contributed by atoms with Crippen molar-refractivity contribution in [3.63, 3.8) is 0 Å². The van der Waals surface area contributed by atoms with E-state index in [4.69, 9.17) is 55.6 Å². The molecular weight excluding hydrogens is 496 g/mol. The second-order valence-electron chi connectivity index (χ2n) is 6.68. The Hall–Kier alpha value is -2.70. The molecule has 1 aromatic heterocycles. The van der Waals surface area contributed by atoms with Crippen molar-refractivity contribution in [2.75, 3.05) is 11.9 Å². The Morgan fingerprint density at radius 1 is 0.906 bits per heavy atom. The molecule has 0 aliphatic heterocycles. The van der Waals surface area contributed by atoms with Crippen LogP contribution in [0.4, 0.5) is 5.69 Å². The molecule has 0 saturated carbocycles. The predicted octanol–water partition coefficient (Wildman–Crippen LogP) is 7.09. The van der Waals surface area contributed by atoms with Gasteiger partial charge in [-0.15, -0.1) is 0 Å². The summed E-state index contributed by atoms with van der Waals surface area (Å²) in [5.41, 5.74) is 0.701. The smallest absolute Gasteiger partial charge is 0.262 e. The molecule has 5 nitrogen and oxygen atoms in total. The Labute approximate surface area is 202 Å². The SMILES string of the molecule is O=C(COc1c(-c2ccccc2Cl)oc2ccc(Cl)cc2c1=O)Nc1ccc(Cl)c(Cl)c1. The molecule has 162 valence electrons. The van der Waals surface area contributed by atoms with Crippen LogP contribution in [0.1, 0.15) is 0 Å². The van der Waals surface area contributed by atoms with E-state index < -0.39 is 17.9 Å². The molecule has 4 aromatic rings. The molecular formula is C23H13Cl4NO4. The van der Waals surface area contributed by atoms with E-state index in [1.165, 1.54) is 12.1 Å². The van der Waals surface area contributed by atoms with Crippen molar-refractivity contribution < 1.29 is 13.9 Å².